The van der Waals surface area contributed by atoms with E-state index < -0.39 is 0 Å². The highest BCUT2D eigenvalue weighted by molar-refractivity contribution is 5.91. The molecule has 6 nitrogen and oxygen atoms in total. The van der Waals surface area contributed by atoms with Crippen molar-refractivity contribution in [2.75, 3.05) is 7.11 Å². The number of rotatable bonds is 2. The van der Waals surface area contributed by atoms with E-state index in [0.717, 1.165) is 22.3 Å². The van der Waals surface area contributed by atoms with Crippen LogP contribution in [0.4, 0.5) is 0 Å². The van der Waals surface area contributed by atoms with Crippen molar-refractivity contribution >= 4 is 10.9 Å². The maximum absolute atomic E-state index is 5.45. The molecular weight excluding hydrogens is 266 g/mol. The van der Waals surface area contributed by atoms with Gasteiger partial charge in [0, 0.05) is 10.8 Å². The molecule has 2 aromatic heterocycles. The molecule has 21 heavy (non-hydrogen) atoms. The number of fused-ring (bicyclic) bond motifs is 1. The molecule has 2 heterocycles. The summed E-state index contributed by atoms with van der Waals surface area (Å²) in [6.07, 6.45) is 4.99. The third-order valence-corrected chi connectivity index (χ3v) is 3.32. The zero-order valence-electron chi connectivity index (χ0n) is 12.5. The largest absolute Gasteiger partial charge is 0.494 e. The van der Waals surface area contributed by atoms with Crippen molar-refractivity contribution in [3.8, 4) is 11.4 Å². The summed E-state index contributed by atoms with van der Waals surface area (Å²) in [5.74, 6) is 0.701. The Morgan fingerprint density at radius 3 is 2.57 bits per heavy atom. The highest BCUT2D eigenvalue weighted by atomic mass is 16.5. The van der Waals surface area contributed by atoms with Crippen LogP contribution in [0.2, 0.25) is 0 Å². The predicted molar refractivity (Wildman–Crippen MR) is 79.7 cm³/mol. The predicted octanol–water partition coefficient (Wildman–Crippen LogP) is 2.52. The minimum absolute atomic E-state index is 0.0740. The molecule has 0 saturated heterocycles. The Balaban J connectivity index is 2.40. The zero-order chi connectivity index (χ0) is 15.0. The average Bonchev–Trinajstić information content (AvgIpc) is 2.98. The zero-order valence-corrected chi connectivity index (χ0v) is 12.5. The van der Waals surface area contributed by atoms with Crippen LogP contribution in [-0.4, -0.2) is 32.1 Å². The van der Waals surface area contributed by atoms with Gasteiger partial charge in [-0.1, -0.05) is 26.0 Å². The number of hydrogen-bond acceptors (Lipinski definition) is 5. The van der Waals surface area contributed by atoms with Crippen molar-refractivity contribution in [2.45, 2.75) is 26.2 Å². The Kier molecular flexibility index (Phi) is 3.08. The van der Waals surface area contributed by atoms with E-state index in [9.17, 15) is 0 Å². The maximum Gasteiger partial charge on any atom is 0.146 e. The monoisotopic (exact) mass is 283 g/mol. The lowest BCUT2D eigenvalue weighted by Crippen LogP contribution is -2.15. The number of aromatic nitrogens is 5. The summed E-state index contributed by atoms with van der Waals surface area (Å²) in [5, 5.41) is 8.93. The smallest absolute Gasteiger partial charge is 0.146 e. The Hall–Kier alpha value is -2.50. The highest BCUT2D eigenvalue weighted by Crippen LogP contribution is 2.34. The summed E-state index contributed by atoms with van der Waals surface area (Å²) >= 11 is 0. The Bertz CT molecular complexity index is 775. The van der Waals surface area contributed by atoms with Gasteiger partial charge in [0.2, 0.25) is 0 Å². The summed E-state index contributed by atoms with van der Waals surface area (Å²) in [6, 6.07) is 3.91. The van der Waals surface area contributed by atoms with Crippen molar-refractivity contribution in [1.29, 1.82) is 0 Å². The quantitative estimate of drug-likeness (QED) is 0.723. The molecule has 3 rings (SSSR count). The van der Waals surface area contributed by atoms with Gasteiger partial charge >= 0.3 is 0 Å². The third kappa shape index (κ3) is 2.22. The molecule has 3 aromatic rings. The van der Waals surface area contributed by atoms with Crippen LogP contribution in [0.25, 0.3) is 16.6 Å². The molecule has 0 saturated carbocycles. The van der Waals surface area contributed by atoms with Crippen LogP contribution in [0.1, 0.15) is 26.5 Å². The molecule has 0 unspecified atom stereocenters. The van der Waals surface area contributed by atoms with Gasteiger partial charge in [0.25, 0.3) is 0 Å². The second-order valence-electron chi connectivity index (χ2n) is 5.83. The molecule has 0 N–H and O–H groups in total. The van der Waals surface area contributed by atoms with E-state index in [0.29, 0.717) is 5.75 Å². The summed E-state index contributed by atoms with van der Waals surface area (Å²) in [5.41, 5.74) is 2.51. The number of benzene rings is 1. The topological polar surface area (TPSA) is 65.7 Å². The number of nitrogens with zero attached hydrogens (tertiary/aromatic N) is 5. The van der Waals surface area contributed by atoms with Crippen LogP contribution in [-0.2, 0) is 5.41 Å². The lowest BCUT2D eigenvalue weighted by atomic mass is 9.89. The fourth-order valence-electron chi connectivity index (χ4n) is 2.41. The van der Waals surface area contributed by atoms with Gasteiger partial charge in [0.15, 0.2) is 0 Å². The molecule has 0 spiro atoms. The standard InChI is InChI=1S/C15H17N5O/c1-15(2,3)14-10-5-6-11(21-4)13(12(10)16-9-17-14)20-8-7-18-19-20/h5-9H,1-4H3. The van der Waals surface area contributed by atoms with E-state index in [2.05, 4.69) is 41.1 Å². The van der Waals surface area contributed by atoms with Crippen LogP contribution in [0.15, 0.2) is 30.9 Å². The first-order chi connectivity index (χ1) is 10.0. The van der Waals surface area contributed by atoms with Crippen molar-refractivity contribution in [3.63, 3.8) is 0 Å². The second-order valence-corrected chi connectivity index (χ2v) is 5.83. The van der Waals surface area contributed by atoms with Gasteiger partial charge in [-0.3, -0.25) is 0 Å². The number of methoxy groups -OCH3 is 1. The van der Waals surface area contributed by atoms with Crippen LogP contribution >= 0.6 is 0 Å². The molecule has 0 radical (unpaired) electrons. The van der Waals surface area contributed by atoms with E-state index in [1.54, 1.807) is 30.5 Å². The van der Waals surface area contributed by atoms with Crippen molar-refractivity contribution in [3.05, 3.63) is 36.5 Å². The van der Waals surface area contributed by atoms with Gasteiger partial charge in [-0.2, -0.15) is 0 Å². The van der Waals surface area contributed by atoms with Gasteiger partial charge in [0.1, 0.15) is 23.3 Å². The van der Waals surface area contributed by atoms with Gasteiger partial charge in [-0.15, -0.1) is 5.10 Å². The molecule has 0 aliphatic carbocycles. The van der Waals surface area contributed by atoms with E-state index in [-0.39, 0.29) is 5.41 Å². The lowest BCUT2D eigenvalue weighted by Gasteiger charge is -2.20. The Morgan fingerprint density at radius 1 is 1.14 bits per heavy atom. The maximum atomic E-state index is 5.45. The number of hydrogen-bond donors (Lipinski definition) is 0. The van der Waals surface area contributed by atoms with E-state index in [1.807, 2.05) is 12.1 Å². The summed E-state index contributed by atoms with van der Waals surface area (Å²) in [6.45, 7) is 6.40. The second kappa shape index (κ2) is 4.80. The average molecular weight is 283 g/mol. The summed E-state index contributed by atoms with van der Waals surface area (Å²) in [4.78, 5) is 8.90. The first kappa shape index (κ1) is 13.5. The molecule has 0 amide bonds. The third-order valence-electron chi connectivity index (χ3n) is 3.32. The van der Waals surface area contributed by atoms with E-state index >= 15 is 0 Å². The molecule has 0 fully saturated rings. The molecule has 108 valence electrons. The molecule has 1 aromatic carbocycles. The van der Waals surface area contributed by atoms with Crippen LogP contribution in [0, 0.1) is 0 Å². The highest BCUT2D eigenvalue weighted by Gasteiger charge is 2.22. The van der Waals surface area contributed by atoms with Crippen molar-refractivity contribution < 1.29 is 4.74 Å². The first-order valence-electron chi connectivity index (χ1n) is 6.71. The molecule has 6 heteroatoms. The SMILES string of the molecule is COc1ccc2c(C(C)(C)C)ncnc2c1-n1ccnn1. The van der Waals surface area contributed by atoms with E-state index in [4.69, 9.17) is 4.74 Å². The van der Waals surface area contributed by atoms with Gasteiger partial charge < -0.3 is 4.74 Å². The molecule has 0 atom stereocenters. The molecule has 0 bridgehead atoms. The normalized spacial score (nSPS) is 11.8. The van der Waals surface area contributed by atoms with Crippen LogP contribution in [0.3, 0.4) is 0 Å². The lowest BCUT2D eigenvalue weighted by molar-refractivity contribution is 0.412. The Labute approximate surface area is 122 Å². The number of ether oxygens (including phenoxy) is 1. The summed E-state index contributed by atoms with van der Waals surface area (Å²) in [7, 11) is 1.63. The van der Waals surface area contributed by atoms with Gasteiger partial charge in [0.05, 0.1) is 25.2 Å². The van der Waals surface area contributed by atoms with Crippen LogP contribution in [0.5, 0.6) is 5.75 Å². The summed E-state index contributed by atoms with van der Waals surface area (Å²) < 4.78 is 7.12. The molecule has 0 aliphatic rings. The minimum Gasteiger partial charge on any atom is -0.494 e. The molecule has 0 aliphatic heterocycles. The fraction of sp³-hybridized carbons (Fsp3) is 0.333. The first-order valence-corrected chi connectivity index (χ1v) is 6.71. The van der Waals surface area contributed by atoms with Gasteiger partial charge in [-0.05, 0) is 12.1 Å². The van der Waals surface area contributed by atoms with Crippen LogP contribution < -0.4 is 4.74 Å². The Morgan fingerprint density at radius 2 is 1.95 bits per heavy atom. The van der Waals surface area contributed by atoms with Gasteiger partial charge in [-0.25, -0.2) is 14.6 Å². The van der Waals surface area contributed by atoms with E-state index in [1.165, 1.54) is 0 Å². The minimum atomic E-state index is -0.0740. The fourth-order valence-corrected chi connectivity index (χ4v) is 2.41. The molecular formula is C15H17N5O. The van der Waals surface area contributed by atoms with Crippen molar-refractivity contribution in [1.82, 2.24) is 25.0 Å². The van der Waals surface area contributed by atoms with Crippen molar-refractivity contribution in [2.24, 2.45) is 0 Å².